The van der Waals surface area contributed by atoms with Gasteiger partial charge in [-0.25, -0.2) is 0 Å². The third-order valence-corrected chi connectivity index (χ3v) is 8.73. The van der Waals surface area contributed by atoms with Crippen LogP contribution in [0.1, 0.15) is 69.4 Å². The molecule has 0 spiro atoms. The van der Waals surface area contributed by atoms with Gasteiger partial charge in [0.1, 0.15) is 0 Å². The molecule has 6 aromatic rings. The van der Waals surface area contributed by atoms with Crippen LogP contribution in [0, 0.1) is 13.8 Å². The van der Waals surface area contributed by atoms with Crippen molar-refractivity contribution in [3.63, 3.8) is 0 Å². The van der Waals surface area contributed by atoms with Crippen LogP contribution < -0.4 is 5.22 Å². The molecule has 0 aliphatic carbocycles. The van der Waals surface area contributed by atoms with Gasteiger partial charge >= 0.3 is 0 Å². The largest absolute Gasteiger partial charge is 0.308 e. The minimum atomic E-state index is -0.00509. The lowest BCUT2D eigenvalue weighted by molar-refractivity contribution is 0.596. The van der Waals surface area contributed by atoms with Crippen molar-refractivity contribution in [1.29, 1.82) is 0 Å². The molecule has 0 unspecified atom stereocenters. The number of hydrogen-bond donors (Lipinski definition) is 0. The molecule has 198 valence electrons. The van der Waals surface area contributed by atoms with Crippen molar-refractivity contribution in [2.75, 3.05) is 0 Å². The highest BCUT2D eigenvalue weighted by Gasteiger charge is 2.28. The molecule has 1 nitrogen and oxygen atoms in total. The Morgan fingerprint density at radius 1 is 0.846 bits per heavy atom. The van der Waals surface area contributed by atoms with E-state index in [-0.39, 0.29) is 8.84 Å². The van der Waals surface area contributed by atoms with Gasteiger partial charge in [-0.05, 0) is 83.0 Å². The molecule has 2 heterocycles. The molecule has 0 bridgehead atoms. The standard InChI is InChI=1S/C37H38IN/c1-10-13-24-19-29(36(5,6)7)33-26-14-11-12-15-30(26)39-34-28(20-37(8,9)38)27-18-21(2)16-17-25(27)22(3)31(34)23(4)32(24)35(33)39/h10-19H,4,20H2,1-3,5-9H3/b13-10-. The van der Waals surface area contributed by atoms with Gasteiger partial charge in [0.15, 0.2) is 0 Å². The molecule has 0 atom stereocenters. The Morgan fingerprint density at radius 3 is 2.23 bits per heavy atom. The van der Waals surface area contributed by atoms with Crippen molar-refractivity contribution in [2.24, 2.45) is 0 Å². The zero-order valence-corrected chi connectivity index (χ0v) is 26.7. The first-order chi connectivity index (χ1) is 18.3. The molecular weight excluding hydrogens is 585 g/mol. The molecule has 2 aromatic heterocycles. The van der Waals surface area contributed by atoms with Gasteiger partial charge in [0.05, 0.1) is 16.6 Å². The summed E-state index contributed by atoms with van der Waals surface area (Å²) in [7, 11) is 0. The first kappa shape index (κ1) is 26.4. The molecule has 0 saturated carbocycles. The molecule has 0 aliphatic heterocycles. The van der Waals surface area contributed by atoms with Gasteiger partial charge in [0.25, 0.3) is 0 Å². The van der Waals surface area contributed by atoms with Crippen molar-refractivity contribution in [2.45, 2.75) is 70.6 Å². The predicted molar refractivity (Wildman–Crippen MR) is 183 cm³/mol. The van der Waals surface area contributed by atoms with Crippen molar-refractivity contribution < 1.29 is 0 Å². The van der Waals surface area contributed by atoms with E-state index < -0.39 is 0 Å². The minimum Gasteiger partial charge on any atom is -0.308 e. The number of nitrogens with zero attached hydrogens (tertiary/aromatic N) is 1. The lowest BCUT2D eigenvalue weighted by atomic mass is 9.81. The molecular formula is C37H38IN. The Balaban J connectivity index is 2.08. The Hall–Kier alpha value is -2.85. The SMILES string of the molecule is C=c1c2c(C)c3ccc(C)cc3c(CC(C)(C)I)c2n2c3ccccc3c3c(C(C)(C)C)cc(/C=C\C)c1c32. The molecule has 0 radical (unpaired) electrons. The van der Waals surface area contributed by atoms with E-state index >= 15 is 0 Å². The van der Waals surface area contributed by atoms with Gasteiger partial charge in [0.2, 0.25) is 0 Å². The van der Waals surface area contributed by atoms with E-state index in [1.165, 1.54) is 76.7 Å². The number of aromatic nitrogens is 1. The van der Waals surface area contributed by atoms with Crippen LogP contribution >= 0.6 is 22.6 Å². The van der Waals surface area contributed by atoms with Gasteiger partial charge in [-0.2, -0.15) is 0 Å². The van der Waals surface area contributed by atoms with Crippen molar-refractivity contribution >= 4 is 84.1 Å². The summed E-state index contributed by atoms with van der Waals surface area (Å²) in [6.45, 7) is 23.2. The van der Waals surface area contributed by atoms with Gasteiger partial charge in [-0.3, -0.25) is 0 Å². The maximum Gasteiger partial charge on any atom is 0.0628 e. The highest BCUT2D eigenvalue weighted by molar-refractivity contribution is 14.1. The number of aryl methyl sites for hydroxylation is 2. The highest BCUT2D eigenvalue weighted by Crippen LogP contribution is 2.44. The molecule has 0 saturated heterocycles. The summed E-state index contributed by atoms with van der Waals surface area (Å²) in [4.78, 5) is 0. The third kappa shape index (κ3) is 3.93. The number of rotatable bonds is 3. The summed E-state index contributed by atoms with van der Waals surface area (Å²) in [5.74, 6) is 0. The Labute approximate surface area is 245 Å². The number of para-hydroxylation sites is 1. The Bertz CT molecular complexity index is 2040. The fourth-order valence-corrected chi connectivity index (χ4v) is 7.18. The van der Waals surface area contributed by atoms with Crippen molar-refractivity contribution in [3.8, 4) is 0 Å². The zero-order valence-electron chi connectivity index (χ0n) is 24.5. The van der Waals surface area contributed by atoms with E-state index in [2.05, 4.69) is 143 Å². The number of pyridine rings is 1. The lowest BCUT2D eigenvalue weighted by Gasteiger charge is -2.25. The summed E-state index contributed by atoms with van der Waals surface area (Å²) in [6.07, 6.45) is 5.42. The normalized spacial score (nSPS) is 13.4. The fourth-order valence-electron chi connectivity index (χ4n) is 6.80. The molecule has 2 heteroatoms. The topological polar surface area (TPSA) is 4.41 Å². The average molecular weight is 624 g/mol. The summed E-state index contributed by atoms with van der Waals surface area (Å²) < 4.78 is 2.71. The minimum absolute atomic E-state index is 0.00509. The van der Waals surface area contributed by atoms with Crippen molar-refractivity contribution in [3.05, 3.63) is 87.6 Å². The van der Waals surface area contributed by atoms with Crippen LogP contribution in [-0.2, 0) is 11.8 Å². The quantitative estimate of drug-likeness (QED) is 0.105. The molecule has 0 amide bonds. The Kier molecular flexibility index (Phi) is 5.97. The first-order valence-electron chi connectivity index (χ1n) is 14.0. The maximum atomic E-state index is 4.86. The third-order valence-electron chi connectivity index (χ3n) is 8.35. The molecule has 39 heavy (non-hydrogen) atoms. The van der Waals surface area contributed by atoms with Gasteiger partial charge < -0.3 is 4.40 Å². The second-order valence-electron chi connectivity index (χ2n) is 13.0. The first-order valence-corrected chi connectivity index (χ1v) is 15.1. The van der Waals surface area contributed by atoms with Crippen LogP contribution in [0.3, 0.4) is 0 Å². The van der Waals surface area contributed by atoms with E-state index in [0.29, 0.717) is 0 Å². The van der Waals surface area contributed by atoms with Crippen LogP contribution in [0.15, 0.2) is 54.6 Å². The van der Waals surface area contributed by atoms with E-state index in [1.54, 1.807) is 0 Å². The number of benzene rings is 4. The van der Waals surface area contributed by atoms with E-state index in [0.717, 1.165) is 11.6 Å². The van der Waals surface area contributed by atoms with Crippen LogP contribution in [0.25, 0.3) is 61.5 Å². The van der Waals surface area contributed by atoms with E-state index in [4.69, 9.17) is 6.58 Å². The smallest absolute Gasteiger partial charge is 0.0628 e. The second kappa shape index (κ2) is 8.83. The van der Waals surface area contributed by atoms with Crippen LogP contribution in [0.2, 0.25) is 0 Å². The number of allylic oxidation sites excluding steroid dienone is 1. The number of halogens is 1. The molecule has 6 rings (SSSR count). The Morgan fingerprint density at radius 2 is 1.56 bits per heavy atom. The summed E-state index contributed by atoms with van der Waals surface area (Å²) >= 11 is 2.62. The van der Waals surface area contributed by atoms with E-state index in [9.17, 15) is 0 Å². The van der Waals surface area contributed by atoms with Crippen molar-refractivity contribution in [1.82, 2.24) is 4.40 Å². The summed E-state index contributed by atoms with van der Waals surface area (Å²) in [5, 5.41) is 9.12. The molecule has 0 fully saturated rings. The average Bonchev–Trinajstić information content (AvgIpc) is 3.18. The second-order valence-corrected chi connectivity index (χ2v) is 15.9. The maximum absolute atomic E-state index is 4.86. The highest BCUT2D eigenvalue weighted by atomic mass is 127. The molecule has 0 aliphatic rings. The monoisotopic (exact) mass is 623 g/mol. The molecule has 0 N–H and O–H groups in total. The number of hydrogen-bond acceptors (Lipinski definition) is 0. The summed E-state index contributed by atoms with van der Waals surface area (Å²) in [6, 6.07) is 18.4. The van der Waals surface area contributed by atoms with Gasteiger partial charge in [-0.1, -0.05) is 118 Å². The van der Waals surface area contributed by atoms with Gasteiger partial charge in [-0.15, -0.1) is 0 Å². The van der Waals surface area contributed by atoms with Crippen LogP contribution in [-0.4, -0.2) is 7.82 Å². The predicted octanol–water partition coefficient (Wildman–Crippen LogP) is 10.4. The number of alkyl halides is 1. The number of fused-ring (bicyclic) bond motifs is 6. The fraction of sp³-hybridized carbons (Fsp3) is 0.297. The zero-order chi connectivity index (χ0) is 28.0. The lowest BCUT2D eigenvalue weighted by Crippen LogP contribution is -2.18. The van der Waals surface area contributed by atoms with Crippen LogP contribution in [0.4, 0.5) is 0 Å². The summed E-state index contributed by atoms with van der Waals surface area (Å²) in [5.41, 5.74) is 10.6. The van der Waals surface area contributed by atoms with E-state index in [1.807, 2.05) is 0 Å². The van der Waals surface area contributed by atoms with Gasteiger partial charge in [0, 0.05) is 25.0 Å². The van der Waals surface area contributed by atoms with Crippen LogP contribution in [0.5, 0.6) is 0 Å². The molecule has 4 aromatic carbocycles.